The summed E-state index contributed by atoms with van der Waals surface area (Å²) in [7, 11) is 4.23. The molecule has 1 aliphatic carbocycles. The number of ether oxygens (including phenoxy) is 3. The zero-order chi connectivity index (χ0) is 14.2. The number of carbonyl (C=O) groups excluding carboxylic acids is 2. The molecule has 0 N–H and O–H groups in total. The third-order valence-electron chi connectivity index (χ3n) is 2.80. The summed E-state index contributed by atoms with van der Waals surface area (Å²) in [4.78, 5) is 24.0. The fourth-order valence-corrected chi connectivity index (χ4v) is 2.16. The van der Waals surface area contributed by atoms with Crippen LogP contribution in [0.3, 0.4) is 0 Å². The molecule has 6 heteroatoms. The summed E-state index contributed by atoms with van der Waals surface area (Å²) < 4.78 is 15.5. The molecular formula is C13H11ClO5. The minimum absolute atomic E-state index is 0.133. The molecule has 19 heavy (non-hydrogen) atoms. The Morgan fingerprint density at radius 2 is 1.63 bits per heavy atom. The third-order valence-corrected chi connectivity index (χ3v) is 3.08. The van der Waals surface area contributed by atoms with Crippen LogP contribution in [0.5, 0.6) is 17.2 Å². The highest BCUT2D eigenvalue weighted by Gasteiger charge is 2.32. The Hall–Kier alpha value is -2.01. The van der Waals surface area contributed by atoms with Gasteiger partial charge in [-0.1, -0.05) is 11.6 Å². The van der Waals surface area contributed by atoms with Crippen LogP contribution < -0.4 is 14.2 Å². The highest BCUT2D eigenvalue weighted by molar-refractivity contribution is 6.49. The molecule has 0 bridgehead atoms. The predicted molar refractivity (Wildman–Crippen MR) is 68.7 cm³/mol. The van der Waals surface area contributed by atoms with E-state index in [0.29, 0.717) is 5.75 Å². The SMILES string of the molecule is COc1cc2c(c(OC)c1OC)C(=O)C=C(Cl)C2=O. The van der Waals surface area contributed by atoms with E-state index >= 15 is 0 Å². The lowest BCUT2D eigenvalue weighted by Gasteiger charge is -2.19. The molecule has 0 unspecified atom stereocenters. The number of rotatable bonds is 3. The number of methoxy groups -OCH3 is 3. The molecule has 0 fully saturated rings. The largest absolute Gasteiger partial charge is 0.493 e. The van der Waals surface area contributed by atoms with Crippen molar-refractivity contribution in [1.29, 1.82) is 0 Å². The lowest BCUT2D eigenvalue weighted by atomic mass is 9.93. The maximum absolute atomic E-state index is 12.0. The van der Waals surface area contributed by atoms with Crippen LogP contribution in [-0.4, -0.2) is 32.9 Å². The normalized spacial score (nSPS) is 13.8. The van der Waals surface area contributed by atoms with E-state index in [2.05, 4.69) is 0 Å². The van der Waals surface area contributed by atoms with Crippen LogP contribution in [0.1, 0.15) is 20.7 Å². The molecule has 0 spiro atoms. The van der Waals surface area contributed by atoms with E-state index in [1.807, 2.05) is 0 Å². The van der Waals surface area contributed by atoms with E-state index in [9.17, 15) is 9.59 Å². The Balaban J connectivity index is 2.82. The molecule has 1 aromatic carbocycles. The Bertz CT molecular complexity index is 604. The first kappa shape index (κ1) is 13.4. The van der Waals surface area contributed by atoms with Gasteiger partial charge in [0.25, 0.3) is 0 Å². The highest BCUT2D eigenvalue weighted by Crippen LogP contribution is 2.44. The van der Waals surface area contributed by atoms with Crippen molar-refractivity contribution < 1.29 is 23.8 Å². The number of halogens is 1. The number of hydrogen-bond acceptors (Lipinski definition) is 5. The summed E-state index contributed by atoms with van der Waals surface area (Å²) in [5, 5.41) is -0.133. The summed E-state index contributed by atoms with van der Waals surface area (Å²) in [6.07, 6.45) is 1.07. The van der Waals surface area contributed by atoms with Gasteiger partial charge in [-0.2, -0.15) is 0 Å². The summed E-state index contributed by atoms with van der Waals surface area (Å²) in [5.74, 6) is -0.134. The summed E-state index contributed by atoms with van der Waals surface area (Å²) in [6, 6.07) is 1.42. The van der Waals surface area contributed by atoms with E-state index in [1.165, 1.54) is 27.4 Å². The summed E-state index contributed by atoms with van der Waals surface area (Å²) in [5.41, 5.74) is 0.279. The minimum Gasteiger partial charge on any atom is -0.493 e. The molecule has 0 amide bonds. The van der Waals surface area contributed by atoms with Gasteiger partial charge in [-0.05, 0) is 6.07 Å². The lowest BCUT2D eigenvalue weighted by molar-refractivity contribution is 0.0987. The van der Waals surface area contributed by atoms with Crippen LogP contribution in [0.4, 0.5) is 0 Å². The zero-order valence-corrected chi connectivity index (χ0v) is 11.3. The summed E-state index contributed by atoms with van der Waals surface area (Å²) >= 11 is 5.73. The van der Waals surface area contributed by atoms with Crippen molar-refractivity contribution in [2.75, 3.05) is 21.3 Å². The molecule has 0 aliphatic heterocycles. The van der Waals surface area contributed by atoms with Gasteiger partial charge in [-0.3, -0.25) is 9.59 Å². The van der Waals surface area contributed by atoms with Crippen molar-refractivity contribution in [2.24, 2.45) is 0 Å². The molecule has 1 aliphatic rings. The van der Waals surface area contributed by atoms with Gasteiger partial charge in [0.1, 0.15) is 0 Å². The smallest absolute Gasteiger partial charge is 0.205 e. The number of fused-ring (bicyclic) bond motifs is 1. The first-order valence-corrected chi connectivity index (χ1v) is 5.72. The molecule has 0 saturated carbocycles. The molecule has 0 aromatic heterocycles. The molecule has 5 nitrogen and oxygen atoms in total. The van der Waals surface area contributed by atoms with Crippen LogP contribution in [0.25, 0.3) is 0 Å². The average Bonchev–Trinajstić information content (AvgIpc) is 2.42. The van der Waals surface area contributed by atoms with Crippen LogP contribution >= 0.6 is 11.6 Å². The van der Waals surface area contributed by atoms with E-state index in [1.54, 1.807) is 0 Å². The second kappa shape index (κ2) is 4.93. The topological polar surface area (TPSA) is 61.8 Å². The Kier molecular flexibility index (Phi) is 3.48. The molecule has 0 radical (unpaired) electrons. The molecule has 0 heterocycles. The van der Waals surface area contributed by atoms with Crippen molar-refractivity contribution in [1.82, 2.24) is 0 Å². The number of hydrogen-bond donors (Lipinski definition) is 0. The predicted octanol–water partition coefficient (Wildman–Crippen LogP) is 2.21. The molecule has 1 aromatic rings. The van der Waals surface area contributed by atoms with E-state index < -0.39 is 11.6 Å². The summed E-state index contributed by atoms with van der Waals surface area (Å²) in [6.45, 7) is 0. The minimum atomic E-state index is -0.449. The molecule has 2 rings (SSSR count). The standard InChI is InChI=1S/C13H11ClO5/c1-17-9-4-6-10(13(19-3)12(9)18-2)8(15)5-7(14)11(6)16/h4-5H,1-3H3. The van der Waals surface area contributed by atoms with E-state index in [0.717, 1.165) is 6.08 Å². The van der Waals surface area contributed by atoms with Gasteiger partial charge in [0.2, 0.25) is 11.5 Å². The Morgan fingerprint density at radius 3 is 2.16 bits per heavy atom. The second-order valence-corrected chi connectivity index (χ2v) is 4.16. The zero-order valence-electron chi connectivity index (χ0n) is 10.6. The Morgan fingerprint density at radius 1 is 1.00 bits per heavy atom. The first-order chi connectivity index (χ1) is 9.04. The van der Waals surface area contributed by atoms with Gasteiger partial charge in [0.15, 0.2) is 17.3 Å². The van der Waals surface area contributed by atoms with Crippen molar-refractivity contribution in [2.45, 2.75) is 0 Å². The number of benzene rings is 1. The van der Waals surface area contributed by atoms with Crippen molar-refractivity contribution in [3.8, 4) is 17.2 Å². The van der Waals surface area contributed by atoms with Gasteiger partial charge in [0.05, 0.1) is 31.9 Å². The fraction of sp³-hybridized carbons (Fsp3) is 0.231. The quantitative estimate of drug-likeness (QED) is 0.850. The van der Waals surface area contributed by atoms with Gasteiger partial charge >= 0.3 is 0 Å². The number of ketones is 2. The van der Waals surface area contributed by atoms with Crippen molar-refractivity contribution in [3.05, 3.63) is 28.3 Å². The maximum atomic E-state index is 12.0. The van der Waals surface area contributed by atoms with Gasteiger partial charge in [-0.15, -0.1) is 0 Å². The highest BCUT2D eigenvalue weighted by atomic mass is 35.5. The van der Waals surface area contributed by atoms with Crippen LogP contribution in [-0.2, 0) is 0 Å². The number of Topliss-reactive ketones (excluding diaryl/α,β-unsaturated/α-hetero) is 1. The Labute approximate surface area is 114 Å². The lowest BCUT2D eigenvalue weighted by Crippen LogP contribution is -2.16. The average molecular weight is 283 g/mol. The number of carbonyl (C=O) groups is 2. The van der Waals surface area contributed by atoms with Gasteiger partial charge in [-0.25, -0.2) is 0 Å². The number of allylic oxidation sites excluding steroid dienone is 2. The second-order valence-electron chi connectivity index (χ2n) is 3.75. The first-order valence-electron chi connectivity index (χ1n) is 5.34. The van der Waals surface area contributed by atoms with Crippen molar-refractivity contribution >= 4 is 23.2 Å². The molecule has 0 atom stereocenters. The van der Waals surface area contributed by atoms with Gasteiger partial charge < -0.3 is 14.2 Å². The van der Waals surface area contributed by atoms with E-state index in [-0.39, 0.29) is 27.7 Å². The molecule has 100 valence electrons. The molecule has 0 saturated heterocycles. The van der Waals surface area contributed by atoms with Crippen LogP contribution in [0.15, 0.2) is 17.2 Å². The third kappa shape index (κ3) is 1.96. The van der Waals surface area contributed by atoms with Gasteiger partial charge in [0, 0.05) is 11.6 Å². The monoisotopic (exact) mass is 282 g/mol. The van der Waals surface area contributed by atoms with Crippen LogP contribution in [0.2, 0.25) is 0 Å². The fourth-order valence-electron chi connectivity index (χ4n) is 1.96. The van der Waals surface area contributed by atoms with Crippen molar-refractivity contribution in [3.63, 3.8) is 0 Å². The molecular weight excluding hydrogens is 272 g/mol. The maximum Gasteiger partial charge on any atom is 0.205 e. The van der Waals surface area contributed by atoms with Crippen LogP contribution in [0, 0.1) is 0 Å². The van der Waals surface area contributed by atoms with E-state index in [4.69, 9.17) is 25.8 Å².